The van der Waals surface area contributed by atoms with Crippen molar-refractivity contribution in [2.24, 2.45) is 0 Å². The van der Waals surface area contributed by atoms with E-state index in [1.807, 2.05) is 18.2 Å². The number of nitrogens with two attached hydrogens (primary N) is 1. The van der Waals surface area contributed by atoms with Gasteiger partial charge >= 0.3 is 0 Å². The zero-order valence-corrected chi connectivity index (χ0v) is 10.6. The Hall–Kier alpha value is -2.16. The number of benzene rings is 2. The minimum absolute atomic E-state index is 0.783. The van der Waals surface area contributed by atoms with Crippen molar-refractivity contribution in [1.29, 1.82) is 0 Å². The van der Waals surface area contributed by atoms with Crippen LogP contribution in [0.25, 0.3) is 0 Å². The molecule has 0 saturated carbocycles. The number of anilines is 3. The maximum Gasteiger partial charge on any atom is 0.0401 e. The van der Waals surface area contributed by atoms with Gasteiger partial charge in [-0.1, -0.05) is 12.1 Å². The van der Waals surface area contributed by atoms with Crippen molar-refractivity contribution in [1.82, 2.24) is 0 Å². The molecule has 4 N–H and O–H groups in total. The van der Waals surface area contributed by atoms with Gasteiger partial charge in [0.25, 0.3) is 0 Å². The summed E-state index contributed by atoms with van der Waals surface area (Å²) in [6.45, 7) is 3.81. The van der Waals surface area contributed by atoms with Gasteiger partial charge in [-0.15, -0.1) is 0 Å². The maximum absolute atomic E-state index is 5.74. The molecule has 2 aromatic carbocycles. The predicted molar refractivity (Wildman–Crippen MR) is 78.8 cm³/mol. The van der Waals surface area contributed by atoms with Crippen molar-refractivity contribution in [3.8, 4) is 0 Å². The average molecular weight is 241 g/mol. The number of nitrogen functional groups attached to an aromatic ring is 1. The molecule has 0 aliphatic carbocycles. The summed E-state index contributed by atoms with van der Waals surface area (Å²) in [6, 6.07) is 16.2. The first-order valence-corrected chi connectivity index (χ1v) is 6.20. The molecule has 0 saturated heterocycles. The van der Waals surface area contributed by atoms with Crippen LogP contribution in [0, 0.1) is 0 Å². The van der Waals surface area contributed by atoms with Gasteiger partial charge in [-0.3, -0.25) is 0 Å². The lowest BCUT2D eigenvalue weighted by molar-refractivity contribution is 1.15. The standard InChI is InChI=1S/C15H19N3/c1-2-17-14-6-8-15(9-7-14)18-11-12-4-3-5-13(16)10-12/h3-10,17-18H,2,11,16H2,1H3. The number of nitrogens with one attached hydrogen (secondary N) is 2. The molecule has 2 aromatic rings. The Kier molecular flexibility index (Phi) is 4.07. The normalized spacial score (nSPS) is 10.1. The van der Waals surface area contributed by atoms with E-state index in [-0.39, 0.29) is 0 Å². The summed E-state index contributed by atoms with van der Waals surface area (Å²) < 4.78 is 0. The predicted octanol–water partition coefficient (Wildman–Crippen LogP) is 3.31. The molecule has 0 aliphatic rings. The van der Waals surface area contributed by atoms with Gasteiger partial charge in [-0.05, 0) is 48.9 Å². The Labute approximate surface area is 108 Å². The molecule has 3 nitrogen and oxygen atoms in total. The van der Waals surface area contributed by atoms with Crippen LogP contribution < -0.4 is 16.4 Å². The van der Waals surface area contributed by atoms with Crippen LogP contribution in [-0.4, -0.2) is 6.54 Å². The van der Waals surface area contributed by atoms with Gasteiger partial charge in [0.1, 0.15) is 0 Å². The first kappa shape index (κ1) is 12.3. The van der Waals surface area contributed by atoms with Crippen molar-refractivity contribution < 1.29 is 0 Å². The SMILES string of the molecule is CCNc1ccc(NCc2cccc(N)c2)cc1. The van der Waals surface area contributed by atoms with Crippen LogP contribution >= 0.6 is 0 Å². The van der Waals surface area contributed by atoms with Crippen LogP contribution in [-0.2, 0) is 6.54 Å². The minimum atomic E-state index is 0.783. The van der Waals surface area contributed by atoms with Crippen LogP contribution in [0.3, 0.4) is 0 Å². The molecule has 0 fully saturated rings. The van der Waals surface area contributed by atoms with E-state index in [9.17, 15) is 0 Å². The molecule has 0 atom stereocenters. The molecule has 0 aromatic heterocycles. The second kappa shape index (κ2) is 5.96. The molecule has 0 heterocycles. The van der Waals surface area contributed by atoms with Crippen molar-refractivity contribution in [2.75, 3.05) is 22.9 Å². The number of hydrogen-bond donors (Lipinski definition) is 3. The Balaban J connectivity index is 1.93. The van der Waals surface area contributed by atoms with E-state index in [0.29, 0.717) is 0 Å². The summed E-state index contributed by atoms with van der Waals surface area (Å²) in [5.41, 5.74) is 9.99. The minimum Gasteiger partial charge on any atom is -0.399 e. The van der Waals surface area contributed by atoms with Gasteiger partial charge in [0, 0.05) is 30.2 Å². The van der Waals surface area contributed by atoms with E-state index in [2.05, 4.69) is 47.9 Å². The molecule has 0 bridgehead atoms. The topological polar surface area (TPSA) is 50.1 Å². The van der Waals surface area contributed by atoms with Gasteiger partial charge in [-0.25, -0.2) is 0 Å². The lowest BCUT2D eigenvalue weighted by Crippen LogP contribution is -2.01. The lowest BCUT2D eigenvalue weighted by Gasteiger charge is -2.08. The van der Waals surface area contributed by atoms with E-state index in [4.69, 9.17) is 5.73 Å². The van der Waals surface area contributed by atoms with E-state index in [0.717, 1.165) is 30.2 Å². The summed E-state index contributed by atoms with van der Waals surface area (Å²) in [6.07, 6.45) is 0. The molecular weight excluding hydrogens is 222 g/mol. The van der Waals surface area contributed by atoms with Crippen molar-refractivity contribution >= 4 is 17.1 Å². The molecular formula is C15H19N3. The van der Waals surface area contributed by atoms with Crippen LogP contribution in [0.5, 0.6) is 0 Å². The first-order valence-electron chi connectivity index (χ1n) is 6.20. The molecule has 0 spiro atoms. The Morgan fingerprint density at radius 3 is 2.22 bits per heavy atom. The largest absolute Gasteiger partial charge is 0.399 e. The summed E-state index contributed by atoms with van der Waals surface area (Å²) in [5.74, 6) is 0. The summed E-state index contributed by atoms with van der Waals surface area (Å²) in [5, 5.41) is 6.65. The van der Waals surface area contributed by atoms with Gasteiger partial charge in [0.15, 0.2) is 0 Å². The van der Waals surface area contributed by atoms with Gasteiger partial charge in [0.2, 0.25) is 0 Å². The van der Waals surface area contributed by atoms with Crippen LogP contribution in [0.4, 0.5) is 17.1 Å². The fourth-order valence-electron chi connectivity index (χ4n) is 1.82. The van der Waals surface area contributed by atoms with Crippen LogP contribution in [0.2, 0.25) is 0 Å². The quantitative estimate of drug-likeness (QED) is 0.704. The number of rotatable bonds is 5. The second-order valence-electron chi connectivity index (χ2n) is 4.21. The van der Waals surface area contributed by atoms with Crippen molar-refractivity contribution in [2.45, 2.75) is 13.5 Å². The average Bonchev–Trinajstić information content (AvgIpc) is 2.38. The molecule has 2 rings (SSSR count). The summed E-state index contributed by atoms with van der Waals surface area (Å²) >= 11 is 0. The Morgan fingerprint density at radius 1 is 0.944 bits per heavy atom. The first-order chi connectivity index (χ1) is 8.78. The van der Waals surface area contributed by atoms with Crippen LogP contribution in [0.15, 0.2) is 48.5 Å². The molecule has 18 heavy (non-hydrogen) atoms. The molecule has 0 unspecified atom stereocenters. The highest BCUT2D eigenvalue weighted by Crippen LogP contribution is 2.15. The van der Waals surface area contributed by atoms with E-state index >= 15 is 0 Å². The van der Waals surface area contributed by atoms with Crippen LogP contribution in [0.1, 0.15) is 12.5 Å². The zero-order chi connectivity index (χ0) is 12.8. The fraction of sp³-hybridized carbons (Fsp3) is 0.200. The van der Waals surface area contributed by atoms with E-state index in [1.165, 1.54) is 5.56 Å². The van der Waals surface area contributed by atoms with E-state index < -0.39 is 0 Å². The Morgan fingerprint density at radius 2 is 1.61 bits per heavy atom. The fourth-order valence-corrected chi connectivity index (χ4v) is 1.82. The highest BCUT2D eigenvalue weighted by atomic mass is 14.9. The van der Waals surface area contributed by atoms with Crippen molar-refractivity contribution in [3.63, 3.8) is 0 Å². The highest BCUT2D eigenvalue weighted by Gasteiger charge is 1.95. The van der Waals surface area contributed by atoms with Crippen molar-refractivity contribution in [3.05, 3.63) is 54.1 Å². The summed E-state index contributed by atoms with van der Waals surface area (Å²) in [7, 11) is 0. The van der Waals surface area contributed by atoms with Gasteiger partial charge in [0.05, 0.1) is 0 Å². The number of hydrogen-bond acceptors (Lipinski definition) is 3. The third-order valence-corrected chi connectivity index (χ3v) is 2.71. The summed E-state index contributed by atoms with van der Waals surface area (Å²) in [4.78, 5) is 0. The molecule has 94 valence electrons. The smallest absolute Gasteiger partial charge is 0.0401 e. The molecule has 3 heteroatoms. The zero-order valence-electron chi connectivity index (χ0n) is 10.6. The highest BCUT2D eigenvalue weighted by molar-refractivity contribution is 5.54. The lowest BCUT2D eigenvalue weighted by atomic mass is 10.2. The monoisotopic (exact) mass is 241 g/mol. The van der Waals surface area contributed by atoms with Gasteiger partial charge < -0.3 is 16.4 Å². The molecule has 0 aliphatic heterocycles. The molecule has 0 amide bonds. The Bertz CT molecular complexity index is 491. The molecule has 0 radical (unpaired) electrons. The van der Waals surface area contributed by atoms with E-state index in [1.54, 1.807) is 0 Å². The maximum atomic E-state index is 5.74. The third kappa shape index (κ3) is 3.42. The third-order valence-electron chi connectivity index (χ3n) is 2.71. The second-order valence-corrected chi connectivity index (χ2v) is 4.21. The van der Waals surface area contributed by atoms with Gasteiger partial charge in [-0.2, -0.15) is 0 Å².